The van der Waals surface area contributed by atoms with E-state index in [0.717, 1.165) is 13.1 Å². The fourth-order valence-corrected chi connectivity index (χ4v) is 1.52. The highest BCUT2D eigenvalue weighted by Crippen LogP contribution is 2.28. The molecule has 0 spiro atoms. The molecule has 0 aromatic carbocycles. The van der Waals surface area contributed by atoms with E-state index in [1.807, 2.05) is 18.9 Å². The second kappa shape index (κ2) is 4.67. The van der Waals surface area contributed by atoms with Crippen LogP contribution in [0.3, 0.4) is 0 Å². The van der Waals surface area contributed by atoms with Crippen LogP contribution in [-0.4, -0.2) is 42.0 Å². The summed E-state index contributed by atoms with van der Waals surface area (Å²) < 4.78 is 0. The monoisotopic (exact) mass is 198 g/mol. The van der Waals surface area contributed by atoms with Gasteiger partial charge in [0.05, 0.1) is 0 Å². The predicted molar refractivity (Wildman–Crippen MR) is 58.3 cm³/mol. The quantitative estimate of drug-likeness (QED) is 0.679. The van der Waals surface area contributed by atoms with Crippen LogP contribution < -0.4 is 0 Å². The molecule has 0 aromatic heterocycles. The highest BCUT2D eigenvalue weighted by molar-refractivity contribution is 5.74. The lowest BCUT2D eigenvalue weighted by molar-refractivity contribution is 0.155. The molecule has 0 radical (unpaired) electrons. The van der Waals surface area contributed by atoms with Crippen LogP contribution in [-0.2, 0) is 0 Å². The van der Waals surface area contributed by atoms with E-state index >= 15 is 0 Å². The second-order valence-electron chi connectivity index (χ2n) is 4.57. The predicted octanol–water partition coefficient (Wildman–Crippen LogP) is 2.18. The topological polar surface area (TPSA) is 23.6 Å². The van der Waals surface area contributed by atoms with Crippen LogP contribution in [0.2, 0.25) is 0 Å². The van der Waals surface area contributed by atoms with Crippen molar-refractivity contribution in [1.29, 1.82) is 0 Å². The molecule has 82 valence electrons. The molecule has 0 saturated heterocycles. The van der Waals surface area contributed by atoms with Gasteiger partial charge >= 0.3 is 6.03 Å². The second-order valence-corrected chi connectivity index (χ2v) is 4.57. The van der Waals surface area contributed by atoms with Gasteiger partial charge in [-0.05, 0) is 25.7 Å². The molecule has 0 N–H and O–H groups in total. The average Bonchev–Trinajstić information content (AvgIpc) is 2.94. The zero-order valence-electron chi connectivity index (χ0n) is 9.79. The van der Waals surface area contributed by atoms with Crippen molar-refractivity contribution >= 4 is 6.03 Å². The summed E-state index contributed by atoms with van der Waals surface area (Å²) in [7, 11) is 1.87. The summed E-state index contributed by atoms with van der Waals surface area (Å²) >= 11 is 0. The number of carbonyl (C=O) groups excluding carboxylic acids is 1. The van der Waals surface area contributed by atoms with E-state index in [-0.39, 0.29) is 6.03 Å². The Morgan fingerprint density at radius 2 is 2.00 bits per heavy atom. The van der Waals surface area contributed by atoms with E-state index in [9.17, 15) is 4.79 Å². The first kappa shape index (κ1) is 11.3. The Morgan fingerprint density at radius 3 is 2.36 bits per heavy atom. The molecule has 0 atom stereocenters. The van der Waals surface area contributed by atoms with Gasteiger partial charge in [0.2, 0.25) is 0 Å². The Morgan fingerprint density at radius 1 is 1.43 bits per heavy atom. The van der Waals surface area contributed by atoms with Crippen LogP contribution in [0.1, 0.15) is 33.6 Å². The number of amides is 2. The molecule has 0 heterocycles. The van der Waals surface area contributed by atoms with Gasteiger partial charge in [0, 0.05) is 26.2 Å². The van der Waals surface area contributed by atoms with Crippen LogP contribution in [0.5, 0.6) is 0 Å². The lowest BCUT2D eigenvalue weighted by atomic mass is 10.2. The van der Waals surface area contributed by atoms with Gasteiger partial charge in [0.1, 0.15) is 0 Å². The molecule has 0 aromatic rings. The molecule has 0 aliphatic heterocycles. The minimum Gasteiger partial charge on any atom is -0.328 e. The van der Waals surface area contributed by atoms with Gasteiger partial charge in [-0.25, -0.2) is 4.79 Å². The molecule has 1 rings (SSSR count). The first-order valence-corrected chi connectivity index (χ1v) is 5.58. The van der Waals surface area contributed by atoms with Crippen molar-refractivity contribution in [3.05, 3.63) is 0 Å². The van der Waals surface area contributed by atoms with Crippen LogP contribution in [0, 0.1) is 5.92 Å². The van der Waals surface area contributed by atoms with E-state index < -0.39 is 0 Å². The summed E-state index contributed by atoms with van der Waals surface area (Å²) in [5.41, 5.74) is 0. The number of rotatable bonds is 4. The van der Waals surface area contributed by atoms with E-state index in [1.165, 1.54) is 12.8 Å². The van der Waals surface area contributed by atoms with Crippen molar-refractivity contribution in [2.75, 3.05) is 20.1 Å². The molecule has 0 bridgehead atoms. The third kappa shape index (κ3) is 2.89. The zero-order valence-corrected chi connectivity index (χ0v) is 9.79. The Hall–Kier alpha value is -0.730. The molecule has 1 aliphatic carbocycles. The summed E-state index contributed by atoms with van der Waals surface area (Å²) in [6.45, 7) is 8.02. The van der Waals surface area contributed by atoms with Gasteiger partial charge in [-0.3, -0.25) is 0 Å². The maximum atomic E-state index is 11.9. The Kier molecular flexibility index (Phi) is 3.78. The Bertz CT molecular complexity index is 199. The smallest absolute Gasteiger partial charge is 0.319 e. The first-order valence-electron chi connectivity index (χ1n) is 5.58. The lowest BCUT2D eigenvalue weighted by Crippen LogP contribution is -2.44. The van der Waals surface area contributed by atoms with Gasteiger partial charge in [0.15, 0.2) is 0 Å². The molecule has 2 amide bonds. The fraction of sp³-hybridized carbons (Fsp3) is 0.909. The molecule has 1 fully saturated rings. The summed E-state index contributed by atoms with van der Waals surface area (Å²) in [5, 5.41) is 0. The molecule has 1 saturated carbocycles. The van der Waals surface area contributed by atoms with Crippen LogP contribution in [0.25, 0.3) is 0 Å². The number of nitrogens with zero attached hydrogens (tertiary/aromatic N) is 2. The minimum atomic E-state index is 0.198. The maximum absolute atomic E-state index is 11.9. The van der Waals surface area contributed by atoms with Gasteiger partial charge in [-0.1, -0.05) is 13.8 Å². The molecule has 3 heteroatoms. The van der Waals surface area contributed by atoms with Crippen molar-refractivity contribution in [3.63, 3.8) is 0 Å². The standard InChI is InChI=1S/C11H22N2O/c1-5-12(4)11(14)13(8-9(2)3)10-6-7-10/h9-10H,5-8H2,1-4H3. The molecule has 14 heavy (non-hydrogen) atoms. The van der Waals surface area contributed by atoms with E-state index in [0.29, 0.717) is 12.0 Å². The number of carbonyl (C=O) groups is 1. The van der Waals surface area contributed by atoms with Crippen molar-refractivity contribution < 1.29 is 4.79 Å². The summed E-state index contributed by atoms with van der Waals surface area (Å²) in [6, 6.07) is 0.725. The van der Waals surface area contributed by atoms with Crippen LogP contribution >= 0.6 is 0 Å². The van der Waals surface area contributed by atoms with Gasteiger partial charge in [-0.2, -0.15) is 0 Å². The van der Waals surface area contributed by atoms with E-state index in [4.69, 9.17) is 0 Å². The number of hydrogen-bond acceptors (Lipinski definition) is 1. The highest BCUT2D eigenvalue weighted by atomic mass is 16.2. The van der Waals surface area contributed by atoms with Crippen LogP contribution in [0.4, 0.5) is 4.79 Å². The Balaban J connectivity index is 2.53. The normalized spacial score (nSPS) is 15.8. The fourth-order valence-electron chi connectivity index (χ4n) is 1.52. The number of urea groups is 1. The molecule has 3 nitrogen and oxygen atoms in total. The summed E-state index contributed by atoms with van der Waals surface area (Å²) in [4.78, 5) is 15.8. The molecule has 1 aliphatic rings. The third-order valence-electron chi connectivity index (χ3n) is 2.60. The van der Waals surface area contributed by atoms with Crippen molar-refractivity contribution in [1.82, 2.24) is 9.80 Å². The van der Waals surface area contributed by atoms with Gasteiger partial charge in [0.25, 0.3) is 0 Å². The van der Waals surface area contributed by atoms with Crippen molar-refractivity contribution in [2.24, 2.45) is 5.92 Å². The maximum Gasteiger partial charge on any atom is 0.319 e. The minimum absolute atomic E-state index is 0.198. The Labute approximate surface area is 87.1 Å². The SMILES string of the molecule is CCN(C)C(=O)N(CC(C)C)C1CC1. The van der Waals surface area contributed by atoms with Crippen molar-refractivity contribution in [2.45, 2.75) is 39.7 Å². The zero-order chi connectivity index (χ0) is 10.7. The summed E-state index contributed by atoms with van der Waals surface area (Å²) in [5.74, 6) is 0.560. The van der Waals surface area contributed by atoms with Gasteiger partial charge < -0.3 is 9.80 Å². The number of hydrogen-bond donors (Lipinski definition) is 0. The molecular weight excluding hydrogens is 176 g/mol. The van der Waals surface area contributed by atoms with Crippen molar-refractivity contribution in [3.8, 4) is 0 Å². The molecular formula is C11H22N2O. The van der Waals surface area contributed by atoms with E-state index in [2.05, 4.69) is 13.8 Å². The first-order chi connectivity index (χ1) is 6.56. The average molecular weight is 198 g/mol. The third-order valence-corrected chi connectivity index (χ3v) is 2.60. The lowest BCUT2D eigenvalue weighted by Gasteiger charge is -2.29. The summed E-state index contributed by atoms with van der Waals surface area (Å²) in [6.07, 6.45) is 2.38. The van der Waals surface area contributed by atoms with E-state index in [1.54, 1.807) is 4.90 Å². The molecule has 0 unspecified atom stereocenters. The highest BCUT2D eigenvalue weighted by Gasteiger charge is 2.33. The van der Waals surface area contributed by atoms with Crippen LogP contribution in [0.15, 0.2) is 0 Å². The van der Waals surface area contributed by atoms with Gasteiger partial charge in [-0.15, -0.1) is 0 Å². The largest absolute Gasteiger partial charge is 0.328 e.